The Morgan fingerprint density at radius 1 is 0.744 bits per heavy atom. The molecule has 1 N–H and O–H groups in total. The molecule has 4 nitrogen and oxygen atoms in total. The first-order valence-corrected chi connectivity index (χ1v) is 15.9. The van der Waals surface area contributed by atoms with Crippen molar-refractivity contribution < 1.29 is 4.79 Å². The summed E-state index contributed by atoms with van der Waals surface area (Å²) in [5.74, 6) is 0.890. The van der Waals surface area contributed by atoms with E-state index in [1.165, 1.54) is 96.3 Å². The number of para-hydroxylation sites is 2. The standard InChI is InChI=1S/C35H53N3O/c1-4-5-6-7-8-9-10-11-12-13-14-15-16-17-18-21-28-38-33-23-20-19-22-32(33)37-34(38)30(3)36-35(39)31-26-24-29(2)25-27-31/h19-20,22-27,30H,4-18,21,28H2,1-3H3,(H,36,39). The number of aryl methyl sites for hydroxylation is 2. The Hall–Kier alpha value is -2.62. The van der Waals surface area contributed by atoms with Crippen molar-refractivity contribution in [3.05, 3.63) is 65.5 Å². The van der Waals surface area contributed by atoms with Crippen molar-refractivity contribution in [3.63, 3.8) is 0 Å². The zero-order valence-electron chi connectivity index (χ0n) is 25.0. The summed E-state index contributed by atoms with van der Waals surface area (Å²) in [6.07, 6.45) is 22.0. The molecule has 0 aliphatic rings. The zero-order chi connectivity index (χ0) is 27.7. The third-order valence-electron chi connectivity index (χ3n) is 7.97. The van der Waals surface area contributed by atoms with E-state index in [9.17, 15) is 4.79 Å². The Morgan fingerprint density at radius 3 is 1.82 bits per heavy atom. The molecule has 0 spiro atoms. The Labute approximate surface area is 238 Å². The van der Waals surface area contributed by atoms with Gasteiger partial charge in [0.15, 0.2) is 0 Å². The van der Waals surface area contributed by atoms with Gasteiger partial charge in [0.2, 0.25) is 0 Å². The maximum atomic E-state index is 12.8. The number of carbonyl (C=O) groups excluding carboxylic acids is 1. The topological polar surface area (TPSA) is 46.9 Å². The van der Waals surface area contributed by atoms with Gasteiger partial charge in [-0.2, -0.15) is 0 Å². The number of unbranched alkanes of at least 4 members (excludes halogenated alkanes) is 15. The average Bonchev–Trinajstić information content (AvgIpc) is 3.32. The van der Waals surface area contributed by atoms with Crippen LogP contribution in [0.25, 0.3) is 11.0 Å². The molecule has 4 heteroatoms. The molecule has 1 unspecified atom stereocenters. The van der Waals surface area contributed by atoms with Crippen LogP contribution in [0.1, 0.15) is 144 Å². The second-order valence-electron chi connectivity index (χ2n) is 11.5. The van der Waals surface area contributed by atoms with Crippen LogP contribution in [0, 0.1) is 6.92 Å². The number of benzene rings is 2. The fourth-order valence-electron chi connectivity index (χ4n) is 5.53. The smallest absolute Gasteiger partial charge is 0.251 e. The van der Waals surface area contributed by atoms with Gasteiger partial charge in [-0.1, -0.05) is 133 Å². The molecule has 0 fully saturated rings. The summed E-state index contributed by atoms with van der Waals surface area (Å²) in [6.45, 7) is 7.30. The summed E-state index contributed by atoms with van der Waals surface area (Å²) < 4.78 is 2.32. The van der Waals surface area contributed by atoms with Gasteiger partial charge in [0.25, 0.3) is 5.91 Å². The number of rotatable bonds is 20. The van der Waals surface area contributed by atoms with Gasteiger partial charge in [-0.05, 0) is 44.5 Å². The highest BCUT2D eigenvalue weighted by Gasteiger charge is 2.19. The molecule has 0 saturated heterocycles. The molecule has 0 saturated carbocycles. The van der Waals surface area contributed by atoms with Crippen LogP contribution in [0.15, 0.2) is 48.5 Å². The third kappa shape index (κ3) is 10.8. The van der Waals surface area contributed by atoms with Crippen molar-refractivity contribution in [2.75, 3.05) is 0 Å². The van der Waals surface area contributed by atoms with Crippen LogP contribution in [0.3, 0.4) is 0 Å². The van der Waals surface area contributed by atoms with Crippen molar-refractivity contribution in [1.82, 2.24) is 14.9 Å². The molecule has 1 amide bonds. The van der Waals surface area contributed by atoms with E-state index in [0.717, 1.165) is 35.4 Å². The SMILES string of the molecule is CCCCCCCCCCCCCCCCCCn1c(C(C)NC(=O)c2ccc(C)cc2)nc2ccccc21. The Balaban J connectivity index is 1.34. The average molecular weight is 532 g/mol. The zero-order valence-corrected chi connectivity index (χ0v) is 25.0. The Morgan fingerprint density at radius 2 is 1.26 bits per heavy atom. The third-order valence-corrected chi connectivity index (χ3v) is 7.97. The monoisotopic (exact) mass is 531 g/mol. The predicted octanol–water partition coefficient (Wildman–Crippen LogP) is 10.1. The van der Waals surface area contributed by atoms with Gasteiger partial charge in [0.05, 0.1) is 17.1 Å². The van der Waals surface area contributed by atoms with Crippen molar-refractivity contribution in [2.24, 2.45) is 0 Å². The molecule has 1 atom stereocenters. The van der Waals surface area contributed by atoms with Gasteiger partial charge in [0, 0.05) is 12.1 Å². The minimum atomic E-state index is -0.160. The fourth-order valence-corrected chi connectivity index (χ4v) is 5.53. The highest BCUT2D eigenvalue weighted by atomic mass is 16.1. The summed E-state index contributed by atoms with van der Waals surface area (Å²) in [5.41, 5.74) is 4.00. The van der Waals surface area contributed by atoms with Crippen LogP contribution in [0.2, 0.25) is 0 Å². The summed E-state index contributed by atoms with van der Waals surface area (Å²) in [6, 6.07) is 15.9. The molecule has 1 heterocycles. The van der Waals surface area contributed by atoms with Crippen molar-refractivity contribution in [2.45, 2.75) is 136 Å². The predicted molar refractivity (Wildman–Crippen MR) is 166 cm³/mol. The van der Waals surface area contributed by atoms with E-state index in [-0.39, 0.29) is 11.9 Å². The number of nitrogens with one attached hydrogen (secondary N) is 1. The minimum absolute atomic E-state index is 0.0523. The number of hydrogen-bond donors (Lipinski definition) is 1. The minimum Gasteiger partial charge on any atom is -0.342 e. The highest BCUT2D eigenvalue weighted by Crippen LogP contribution is 2.23. The fraction of sp³-hybridized carbons (Fsp3) is 0.600. The number of amides is 1. The first-order valence-electron chi connectivity index (χ1n) is 15.9. The summed E-state index contributed by atoms with van der Waals surface area (Å²) in [7, 11) is 0. The molecule has 0 bridgehead atoms. The lowest BCUT2D eigenvalue weighted by molar-refractivity contribution is 0.0937. The molecular weight excluding hydrogens is 478 g/mol. The van der Waals surface area contributed by atoms with E-state index in [2.05, 4.69) is 35.0 Å². The lowest BCUT2D eigenvalue weighted by atomic mass is 10.0. The summed E-state index contributed by atoms with van der Waals surface area (Å²) >= 11 is 0. The van der Waals surface area contributed by atoms with Crippen LogP contribution >= 0.6 is 0 Å². The summed E-state index contributed by atoms with van der Waals surface area (Å²) in [4.78, 5) is 17.7. The van der Waals surface area contributed by atoms with Crippen LogP contribution in [0.5, 0.6) is 0 Å². The van der Waals surface area contributed by atoms with Crippen LogP contribution < -0.4 is 5.32 Å². The van der Waals surface area contributed by atoms with Crippen molar-refractivity contribution >= 4 is 16.9 Å². The van der Waals surface area contributed by atoms with Crippen LogP contribution in [-0.4, -0.2) is 15.5 Å². The second-order valence-corrected chi connectivity index (χ2v) is 11.5. The number of fused-ring (bicyclic) bond motifs is 1. The van der Waals surface area contributed by atoms with Crippen LogP contribution in [0.4, 0.5) is 0 Å². The maximum Gasteiger partial charge on any atom is 0.251 e. The number of carbonyl (C=O) groups is 1. The van der Waals surface area contributed by atoms with Crippen molar-refractivity contribution in [1.29, 1.82) is 0 Å². The number of aromatic nitrogens is 2. The molecule has 0 aliphatic carbocycles. The van der Waals surface area contributed by atoms with Gasteiger partial charge in [-0.25, -0.2) is 4.98 Å². The van der Waals surface area contributed by atoms with Gasteiger partial charge in [-0.3, -0.25) is 4.79 Å². The second kappa shape index (κ2) is 17.9. The molecule has 0 aliphatic heterocycles. The van der Waals surface area contributed by atoms with Gasteiger partial charge < -0.3 is 9.88 Å². The molecule has 3 rings (SSSR count). The van der Waals surface area contributed by atoms with E-state index in [4.69, 9.17) is 4.98 Å². The van der Waals surface area contributed by atoms with E-state index in [1.807, 2.05) is 44.2 Å². The van der Waals surface area contributed by atoms with Crippen molar-refractivity contribution in [3.8, 4) is 0 Å². The lowest BCUT2D eigenvalue weighted by Gasteiger charge is -2.16. The molecular formula is C35H53N3O. The summed E-state index contributed by atoms with van der Waals surface area (Å²) in [5, 5.41) is 3.17. The first kappa shape index (κ1) is 30.9. The molecule has 2 aromatic carbocycles. The molecule has 1 aromatic heterocycles. The largest absolute Gasteiger partial charge is 0.342 e. The number of imidazole rings is 1. The van der Waals surface area contributed by atoms with Gasteiger partial charge in [0.1, 0.15) is 5.82 Å². The van der Waals surface area contributed by atoms with Gasteiger partial charge >= 0.3 is 0 Å². The highest BCUT2D eigenvalue weighted by molar-refractivity contribution is 5.94. The first-order chi connectivity index (χ1) is 19.1. The Bertz CT molecular complexity index is 1080. The van der Waals surface area contributed by atoms with Crippen LogP contribution in [-0.2, 0) is 6.54 Å². The van der Waals surface area contributed by atoms with E-state index >= 15 is 0 Å². The Kier molecular flexibility index (Phi) is 14.2. The lowest BCUT2D eigenvalue weighted by Crippen LogP contribution is -2.28. The van der Waals surface area contributed by atoms with E-state index < -0.39 is 0 Å². The maximum absolute atomic E-state index is 12.8. The quantitative estimate of drug-likeness (QED) is 0.147. The molecule has 0 radical (unpaired) electrons. The number of nitrogens with zero attached hydrogens (tertiary/aromatic N) is 2. The van der Waals surface area contributed by atoms with Gasteiger partial charge in [-0.15, -0.1) is 0 Å². The molecule has 39 heavy (non-hydrogen) atoms. The molecule has 214 valence electrons. The molecule has 3 aromatic rings. The van der Waals surface area contributed by atoms with E-state index in [1.54, 1.807) is 0 Å². The van der Waals surface area contributed by atoms with E-state index in [0.29, 0.717) is 5.56 Å². The normalized spacial score (nSPS) is 12.2. The number of hydrogen-bond acceptors (Lipinski definition) is 2.